The van der Waals surface area contributed by atoms with Gasteiger partial charge in [-0.25, -0.2) is 0 Å². The van der Waals surface area contributed by atoms with Crippen molar-refractivity contribution in [2.45, 2.75) is 26.3 Å². The Bertz CT molecular complexity index is 243. The van der Waals surface area contributed by atoms with Crippen molar-refractivity contribution >= 4 is 11.9 Å². The SMILES string of the molecule is CCOC(=O)C(C)N1CCCNC(=O)C1. The second kappa shape index (κ2) is 5.70. The maximum absolute atomic E-state index is 11.5. The molecule has 1 aliphatic heterocycles. The van der Waals surface area contributed by atoms with Gasteiger partial charge in [0.05, 0.1) is 13.2 Å². The molecule has 15 heavy (non-hydrogen) atoms. The van der Waals surface area contributed by atoms with Crippen molar-refractivity contribution < 1.29 is 14.3 Å². The van der Waals surface area contributed by atoms with Crippen molar-refractivity contribution in [3.05, 3.63) is 0 Å². The number of hydrogen-bond acceptors (Lipinski definition) is 4. The largest absolute Gasteiger partial charge is 0.465 e. The molecule has 0 bridgehead atoms. The standard InChI is InChI=1S/C10H18N2O3/c1-3-15-10(14)8(2)12-6-4-5-11-9(13)7-12/h8H,3-7H2,1-2H3,(H,11,13). The number of esters is 1. The number of rotatable bonds is 3. The number of nitrogens with one attached hydrogen (secondary N) is 1. The molecular weight excluding hydrogens is 196 g/mol. The second-order valence-electron chi connectivity index (χ2n) is 3.60. The molecule has 0 spiro atoms. The maximum Gasteiger partial charge on any atom is 0.323 e. The van der Waals surface area contributed by atoms with E-state index in [9.17, 15) is 9.59 Å². The highest BCUT2D eigenvalue weighted by Crippen LogP contribution is 2.04. The van der Waals surface area contributed by atoms with E-state index in [1.54, 1.807) is 13.8 Å². The van der Waals surface area contributed by atoms with Gasteiger partial charge in [-0.1, -0.05) is 0 Å². The predicted octanol–water partition coefficient (Wildman–Crippen LogP) is -0.240. The fraction of sp³-hybridized carbons (Fsp3) is 0.800. The Morgan fingerprint density at radius 2 is 2.40 bits per heavy atom. The van der Waals surface area contributed by atoms with Gasteiger partial charge in [0.1, 0.15) is 6.04 Å². The van der Waals surface area contributed by atoms with Crippen molar-refractivity contribution in [2.75, 3.05) is 26.2 Å². The molecule has 1 rings (SSSR count). The topological polar surface area (TPSA) is 58.6 Å². The van der Waals surface area contributed by atoms with Gasteiger partial charge in [0, 0.05) is 13.1 Å². The molecule has 0 aromatic carbocycles. The smallest absolute Gasteiger partial charge is 0.323 e. The molecule has 1 fully saturated rings. The average Bonchev–Trinajstić information content (AvgIpc) is 2.42. The number of amides is 1. The number of ether oxygens (including phenoxy) is 1. The zero-order chi connectivity index (χ0) is 11.3. The summed E-state index contributed by atoms with van der Waals surface area (Å²) in [6.07, 6.45) is 0.871. The monoisotopic (exact) mass is 214 g/mol. The molecule has 0 aromatic heterocycles. The van der Waals surface area contributed by atoms with Crippen LogP contribution in [-0.2, 0) is 14.3 Å². The zero-order valence-electron chi connectivity index (χ0n) is 9.28. The minimum absolute atomic E-state index is 0.0244. The van der Waals surface area contributed by atoms with Gasteiger partial charge in [0.2, 0.25) is 5.91 Å². The number of carbonyl (C=O) groups excluding carboxylic acids is 2. The highest BCUT2D eigenvalue weighted by molar-refractivity contribution is 5.80. The molecule has 5 heteroatoms. The van der Waals surface area contributed by atoms with Gasteiger partial charge in [-0.15, -0.1) is 0 Å². The summed E-state index contributed by atoms with van der Waals surface area (Å²) in [5.41, 5.74) is 0. The van der Waals surface area contributed by atoms with Gasteiger partial charge in [-0.2, -0.15) is 0 Å². The first-order chi connectivity index (χ1) is 7.15. The third-order valence-corrected chi connectivity index (χ3v) is 2.47. The third-order valence-electron chi connectivity index (χ3n) is 2.47. The minimum atomic E-state index is -0.339. The summed E-state index contributed by atoms with van der Waals surface area (Å²) < 4.78 is 4.92. The van der Waals surface area contributed by atoms with Crippen LogP contribution >= 0.6 is 0 Å². The van der Waals surface area contributed by atoms with Crippen LogP contribution in [-0.4, -0.2) is 49.1 Å². The van der Waals surface area contributed by atoms with Gasteiger partial charge in [0.25, 0.3) is 0 Å². The van der Waals surface area contributed by atoms with Gasteiger partial charge >= 0.3 is 5.97 Å². The Balaban J connectivity index is 2.52. The van der Waals surface area contributed by atoms with E-state index in [-0.39, 0.29) is 24.5 Å². The molecule has 1 aliphatic rings. The minimum Gasteiger partial charge on any atom is -0.465 e. The molecule has 1 heterocycles. The Morgan fingerprint density at radius 3 is 3.07 bits per heavy atom. The van der Waals surface area contributed by atoms with Gasteiger partial charge in [-0.3, -0.25) is 14.5 Å². The maximum atomic E-state index is 11.5. The average molecular weight is 214 g/mol. The van der Waals surface area contributed by atoms with Gasteiger partial charge < -0.3 is 10.1 Å². The van der Waals surface area contributed by atoms with Crippen LogP contribution in [0.25, 0.3) is 0 Å². The number of nitrogens with zero attached hydrogens (tertiary/aromatic N) is 1. The van der Waals surface area contributed by atoms with E-state index in [1.165, 1.54) is 0 Å². The lowest BCUT2D eigenvalue weighted by molar-refractivity contribution is -0.149. The van der Waals surface area contributed by atoms with Crippen LogP contribution in [0.2, 0.25) is 0 Å². The van der Waals surface area contributed by atoms with Crippen molar-refractivity contribution in [1.29, 1.82) is 0 Å². The predicted molar refractivity (Wildman–Crippen MR) is 55.3 cm³/mol. The lowest BCUT2D eigenvalue weighted by atomic mass is 10.2. The summed E-state index contributed by atoms with van der Waals surface area (Å²) in [6.45, 7) is 5.64. The molecule has 0 saturated carbocycles. The van der Waals surface area contributed by atoms with Crippen LogP contribution in [0.5, 0.6) is 0 Å². The highest BCUT2D eigenvalue weighted by atomic mass is 16.5. The van der Waals surface area contributed by atoms with E-state index < -0.39 is 0 Å². The molecule has 0 aliphatic carbocycles. The molecule has 1 amide bonds. The highest BCUT2D eigenvalue weighted by Gasteiger charge is 2.25. The molecule has 1 saturated heterocycles. The zero-order valence-corrected chi connectivity index (χ0v) is 9.28. The fourth-order valence-electron chi connectivity index (χ4n) is 1.57. The summed E-state index contributed by atoms with van der Waals surface area (Å²) in [6, 6.07) is -0.339. The first-order valence-corrected chi connectivity index (χ1v) is 5.32. The first kappa shape index (κ1) is 12.0. The van der Waals surface area contributed by atoms with E-state index in [4.69, 9.17) is 4.74 Å². The van der Waals surface area contributed by atoms with Crippen LogP contribution < -0.4 is 5.32 Å². The van der Waals surface area contributed by atoms with Crippen LogP contribution in [0.4, 0.5) is 0 Å². The van der Waals surface area contributed by atoms with E-state index >= 15 is 0 Å². The van der Waals surface area contributed by atoms with E-state index in [1.807, 2.05) is 4.90 Å². The van der Waals surface area contributed by atoms with E-state index in [0.717, 1.165) is 13.0 Å². The molecule has 86 valence electrons. The fourth-order valence-corrected chi connectivity index (χ4v) is 1.57. The van der Waals surface area contributed by atoms with Gasteiger partial charge in [0.15, 0.2) is 0 Å². The summed E-state index contributed by atoms with van der Waals surface area (Å²) in [7, 11) is 0. The second-order valence-corrected chi connectivity index (χ2v) is 3.60. The molecule has 1 N–H and O–H groups in total. The quantitative estimate of drug-likeness (QED) is 0.659. The lowest BCUT2D eigenvalue weighted by Gasteiger charge is -2.24. The van der Waals surface area contributed by atoms with Crippen molar-refractivity contribution in [3.8, 4) is 0 Å². The summed E-state index contributed by atoms with van der Waals surface area (Å²) in [5, 5.41) is 2.77. The summed E-state index contributed by atoms with van der Waals surface area (Å²) >= 11 is 0. The lowest BCUT2D eigenvalue weighted by Crippen LogP contribution is -2.43. The first-order valence-electron chi connectivity index (χ1n) is 5.32. The molecule has 1 unspecified atom stereocenters. The Kier molecular flexibility index (Phi) is 4.55. The van der Waals surface area contributed by atoms with Gasteiger partial charge in [-0.05, 0) is 20.3 Å². The van der Waals surface area contributed by atoms with E-state index in [0.29, 0.717) is 13.2 Å². The molecule has 0 aromatic rings. The summed E-state index contributed by atoms with van der Waals surface area (Å²) in [5.74, 6) is -0.282. The van der Waals surface area contributed by atoms with E-state index in [2.05, 4.69) is 5.32 Å². The number of hydrogen-bond donors (Lipinski definition) is 1. The Hall–Kier alpha value is -1.10. The van der Waals surface area contributed by atoms with Crippen LogP contribution in [0.1, 0.15) is 20.3 Å². The molecular formula is C10H18N2O3. The van der Waals surface area contributed by atoms with Crippen LogP contribution in [0.3, 0.4) is 0 Å². The Labute approximate surface area is 89.8 Å². The van der Waals surface area contributed by atoms with Crippen molar-refractivity contribution in [2.24, 2.45) is 0 Å². The van der Waals surface area contributed by atoms with Crippen molar-refractivity contribution in [3.63, 3.8) is 0 Å². The van der Waals surface area contributed by atoms with Crippen molar-refractivity contribution in [1.82, 2.24) is 10.2 Å². The van der Waals surface area contributed by atoms with Crippen LogP contribution in [0, 0.1) is 0 Å². The molecule has 0 radical (unpaired) electrons. The number of carbonyl (C=O) groups is 2. The summed E-state index contributed by atoms with van der Waals surface area (Å²) in [4.78, 5) is 24.6. The normalized spacial score (nSPS) is 20.3. The molecule has 1 atom stereocenters. The molecule has 5 nitrogen and oxygen atoms in total. The van der Waals surface area contributed by atoms with Crippen LogP contribution in [0.15, 0.2) is 0 Å². The third kappa shape index (κ3) is 3.51. The Morgan fingerprint density at radius 1 is 1.67 bits per heavy atom.